The van der Waals surface area contributed by atoms with Crippen LogP contribution in [0, 0.1) is 6.92 Å². The largest absolute Gasteiger partial charge is 0.480 e. The molecule has 2 rings (SSSR count). The Labute approximate surface area is 119 Å². The highest BCUT2D eigenvalue weighted by molar-refractivity contribution is 9.10. The molecule has 18 heavy (non-hydrogen) atoms. The van der Waals surface area contributed by atoms with Gasteiger partial charge in [-0.05, 0) is 53.2 Å². The van der Waals surface area contributed by atoms with E-state index in [1.54, 1.807) is 18.2 Å². The Balaban J connectivity index is 2.20. The van der Waals surface area contributed by atoms with Gasteiger partial charge in [-0.3, -0.25) is 0 Å². The molecule has 1 unspecified atom stereocenters. The zero-order chi connectivity index (χ0) is 13.1. The number of hydrogen-bond donors (Lipinski definition) is 1. The van der Waals surface area contributed by atoms with Crippen LogP contribution in [0.2, 0.25) is 5.02 Å². The molecular weight excluding hydrogens is 318 g/mol. The molecule has 2 aromatic rings. The predicted molar refractivity (Wildman–Crippen MR) is 75.0 cm³/mol. The average Bonchev–Trinajstić information content (AvgIpc) is 2.75. The minimum Gasteiger partial charge on any atom is -0.480 e. The average molecular weight is 331 g/mol. The molecule has 1 heterocycles. The summed E-state index contributed by atoms with van der Waals surface area (Å²) in [6, 6.07) is 9.10. The molecule has 0 saturated heterocycles. The molecule has 0 fully saturated rings. The van der Waals surface area contributed by atoms with Crippen LogP contribution in [0.1, 0.15) is 17.6 Å². The van der Waals surface area contributed by atoms with Crippen molar-refractivity contribution in [1.82, 2.24) is 0 Å². The molecule has 1 atom stereocenters. The van der Waals surface area contributed by atoms with Crippen LogP contribution < -0.4 is 10.5 Å². The predicted octanol–water partition coefficient (Wildman–Crippen LogP) is 4.08. The number of benzene rings is 1. The van der Waals surface area contributed by atoms with E-state index in [9.17, 15) is 0 Å². The maximum absolute atomic E-state index is 5.88. The SMILES string of the molecule is Cc1ccc(C(CN)Oc2ccc(Cl)cc2Br)o1. The molecule has 3 nitrogen and oxygen atoms in total. The van der Waals surface area contributed by atoms with Gasteiger partial charge in [-0.1, -0.05) is 11.6 Å². The third-order valence-electron chi connectivity index (χ3n) is 2.46. The van der Waals surface area contributed by atoms with Crippen LogP contribution in [0.25, 0.3) is 0 Å². The molecule has 0 amide bonds. The standard InChI is InChI=1S/C13H13BrClNO2/c1-8-2-4-12(17-8)13(7-16)18-11-5-3-9(15)6-10(11)14/h2-6,13H,7,16H2,1H3. The first-order chi connectivity index (χ1) is 8.60. The summed E-state index contributed by atoms with van der Waals surface area (Å²) in [6.07, 6.45) is -0.309. The molecule has 5 heteroatoms. The minimum absolute atomic E-state index is 0.309. The summed E-state index contributed by atoms with van der Waals surface area (Å²) < 4.78 is 12.1. The molecule has 0 radical (unpaired) electrons. The third kappa shape index (κ3) is 3.07. The number of halogens is 2. The second kappa shape index (κ2) is 5.78. The maximum Gasteiger partial charge on any atom is 0.168 e. The van der Waals surface area contributed by atoms with Gasteiger partial charge in [0, 0.05) is 11.6 Å². The Hall–Kier alpha value is -0.970. The number of aryl methyl sites for hydroxylation is 1. The van der Waals surface area contributed by atoms with Crippen LogP contribution in [0.15, 0.2) is 39.2 Å². The quantitative estimate of drug-likeness (QED) is 0.919. The molecule has 0 aliphatic heterocycles. The van der Waals surface area contributed by atoms with Crippen molar-refractivity contribution in [3.05, 3.63) is 51.3 Å². The first-order valence-electron chi connectivity index (χ1n) is 5.48. The van der Waals surface area contributed by atoms with Crippen LogP contribution in [0.3, 0.4) is 0 Å². The lowest BCUT2D eigenvalue weighted by atomic mass is 10.2. The topological polar surface area (TPSA) is 48.4 Å². The monoisotopic (exact) mass is 329 g/mol. The van der Waals surface area contributed by atoms with Gasteiger partial charge in [-0.25, -0.2) is 0 Å². The number of furan rings is 1. The van der Waals surface area contributed by atoms with Crippen molar-refractivity contribution >= 4 is 27.5 Å². The van der Waals surface area contributed by atoms with Gasteiger partial charge in [-0.15, -0.1) is 0 Å². The smallest absolute Gasteiger partial charge is 0.168 e. The fourth-order valence-corrected chi connectivity index (χ4v) is 2.35. The summed E-state index contributed by atoms with van der Waals surface area (Å²) in [5.74, 6) is 2.24. The first kappa shape index (κ1) is 13.5. The third-order valence-corrected chi connectivity index (χ3v) is 3.31. The molecule has 0 saturated carbocycles. The normalized spacial score (nSPS) is 12.4. The van der Waals surface area contributed by atoms with Crippen LogP contribution in [-0.2, 0) is 0 Å². The summed E-state index contributed by atoms with van der Waals surface area (Å²) in [4.78, 5) is 0. The summed E-state index contributed by atoms with van der Waals surface area (Å²) in [7, 11) is 0. The zero-order valence-corrected chi connectivity index (χ0v) is 12.2. The molecule has 96 valence electrons. The van der Waals surface area contributed by atoms with E-state index in [0.717, 1.165) is 16.0 Å². The molecule has 2 N–H and O–H groups in total. The Kier molecular flexibility index (Phi) is 4.32. The molecule has 0 aliphatic rings. The molecule has 0 spiro atoms. The van der Waals surface area contributed by atoms with Crippen molar-refractivity contribution in [3.8, 4) is 5.75 Å². The molecule has 1 aromatic carbocycles. The van der Waals surface area contributed by atoms with Gasteiger partial charge in [0.1, 0.15) is 17.3 Å². The minimum atomic E-state index is -0.309. The van der Waals surface area contributed by atoms with E-state index in [4.69, 9.17) is 26.5 Å². The zero-order valence-electron chi connectivity index (χ0n) is 9.82. The van der Waals surface area contributed by atoms with Gasteiger partial charge >= 0.3 is 0 Å². The van der Waals surface area contributed by atoms with Gasteiger partial charge in [0.2, 0.25) is 0 Å². The lowest BCUT2D eigenvalue weighted by Gasteiger charge is -2.16. The van der Waals surface area contributed by atoms with E-state index >= 15 is 0 Å². The Morgan fingerprint density at radius 2 is 2.17 bits per heavy atom. The second-order valence-corrected chi connectivity index (χ2v) is 5.16. The lowest BCUT2D eigenvalue weighted by molar-refractivity contribution is 0.181. The summed E-state index contributed by atoms with van der Waals surface area (Å²) in [5, 5.41) is 0.646. The van der Waals surface area contributed by atoms with Crippen LogP contribution in [-0.4, -0.2) is 6.54 Å². The molecular formula is C13H13BrClNO2. The summed E-state index contributed by atoms with van der Waals surface area (Å²) in [5.41, 5.74) is 5.72. The van der Waals surface area contributed by atoms with E-state index in [0.29, 0.717) is 17.3 Å². The Morgan fingerprint density at radius 1 is 1.39 bits per heavy atom. The highest BCUT2D eigenvalue weighted by Crippen LogP contribution is 2.31. The van der Waals surface area contributed by atoms with E-state index in [2.05, 4.69) is 15.9 Å². The maximum atomic E-state index is 5.88. The highest BCUT2D eigenvalue weighted by atomic mass is 79.9. The first-order valence-corrected chi connectivity index (χ1v) is 6.65. The second-order valence-electron chi connectivity index (χ2n) is 3.87. The Bertz CT molecular complexity index is 542. The molecule has 0 aliphatic carbocycles. The summed E-state index contributed by atoms with van der Waals surface area (Å²) in [6.45, 7) is 2.22. The van der Waals surface area contributed by atoms with Gasteiger partial charge < -0.3 is 14.9 Å². The van der Waals surface area contributed by atoms with Crippen molar-refractivity contribution < 1.29 is 9.15 Å². The van der Waals surface area contributed by atoms with Crippen LogP contribution >= 0.6 is 27.5 Å². The molecule has 1 aromatic heterocycles. The fourth-order valence-electron chi connectivity index (χ4n) is 1.57. The van der Waals surface area contributed by atoms with Crippen molar-refractivity contribution in [2.45, 2.75) is 13.0 Å². The number of nitrogens with two attached hydrogens (primary N) is 1. The van der Waals surface area contributed by atoms with Crippen LogP contribution in [0.4, 0.5) is 0 Å². The lowest BCUT2D eigenvalue weighted by Crippen LogP contribution is -2.18. The van der Waals surface area contributed by atoms with E-state index in [1.165, 1.54) is 0 Å². The van der Waals surface area contributed by atoms with Crippen molar-refractivity contribution in [2.75, 3.05) is 6.54 Å². The highest BCUT2D eigenvalue weighted by Gasteiger charge is 2.16. The van der Waals surface area contributed by atoms with E-state index < -0.39 is 0 Å². The summed E-state index contributed by atoms with van der Waals surface area (Å²) >= 11 is 9.28. The van der Waals surface area contributed by atoms with Crippen molar-refractivity contribution in [3.63, 3.8) is 0 Å². The van der Waals surface area contributed by atoms with Gasteiger partial charge in [0.05, 0.1) is 4.47 Å². The van der Waals surface area contributed by atoms with E-state index in [1.807, 2.05) is 19.1 Å². The Morgan fingerprint density at radius 3 is 2.72 bits per heavy atom. The van der Waals surface area contributed by atoms with Crippen molar-refractivity contribution in [1.29, 1.82) is 0 Å². The number of rotatable bonds is 4. The van der Waals surface area contributed by atoms with Gasteiger partial charge in [0.15, 0.2) is 6.10 Å². The number of ether oxygens (including phenoxy) is 1. The molecule has 0 bridgehead atoms. The van der Waals surface area contributed by atoms with Gasteiger partial charge in [0.25, 0.3) is 0 Å². The fraction of sp³-hybridized carbons (Fsp3) is 0.231. The number of hydrogen-bond acceptors (Lipinski definition) is 3. The van der Waals surface area contributed by atoms with E-state index in [-0.39, 0.29) is 6.10 Å². The van der Waals surface area contributed by atoms with Gasteiger partial charge in [-0.2, -0.15) is 0 Å². The van der Waals surface area contributed by atoms with Crippen LogP contribution in [0.5, 0.6) is 5.75 Å². The van der Waals surface area contributed by atoms with Crippen molar-refractivity contribution in [2.24, 2.45) is 5.73 Å².